The second-order valence-corrected chi connectivity index (χ2v) is 4.77. The van der Waals surface area contributed by atoms with Crippen LogP contribution in [0.3, 0.4) is 0 Å². The van der Waals surface area contributed by atoms with Crippen molar-refractivity contribution in [3.05, 3.63) is 22.7 Å². The summed E-state index contributed by atoms with van der Waals surface area (Å²) in [6, 6.07) is 0.174. The van der Waals surface area contributed by atoms with Crippen molar-refractivity contribution in [2.24, 2.45) is 0 Å². The topological polar surface area (TPSA) is 46.9 Å². The molecular weight excluding hydrogens is 190 g/mol. The van der Waals surface area contributed by atoms with Crippen LogP contribution >= 0.6 is 0 Å². The molecule has 82 valence electrons. The number of rotatable bonds is 3. The zero-order valence-electron chi connectivity index (χ0n) is 9.45. The van der Waals surface area contributed by atoms with Gasteiger partial charge in [-0.15, -0.1) is 0 Å². The number of anilines is 1. The Bertz CT molecular complexity index is 418. The number of nitrogens with one attached hydrogen (secondary N) is 1. The molecule has 4 heteroatoms. The first kappa shape index (κ1) is 10.2. The molecule has 1 saturated carbocycles. The van der Waals surface area contributed by atoms with E-state index < -0.39 is 0 Å². The molecule has 0 saturated heterocycles. The fraction of sp³-hybridized carbons (Fsp3) is 0.636. The van der Waals surface area contributed by atoms with Crippen LogP contribution in [0.2, 0.25) is 0 Å². The molecular formula is C11H17N3O. The summed E-state index contributed by atoms with van der Waals surface area (Å²) in [5.74, 6) is 0.478. The third-order valence-corrected chi connectivity index (χ3v) is 2.84. The van der Waals surface area contributed by atoms with Crippen LogP contribution in [-0.2, 0) is 0 Å². The van der Waals surface area contributed by atoms with Gasteiger partial charge >= 0.3 is 0 Å². The van der Waals surface area contributed by atoms with Crippen LogP contribution in [-0.4, -0.2) is 15.1 Å². The van der Waals surface area contributed by atoms with Gasteiger partial charge in [0.2, 0.25) is 0 Å². The largest absolute Gasteiger partial charge is 0.360 e. The zero-order valence-corrected chi connectivity index (χ0v) is 9.45. The molecule has 0 atom stereocenters. The fourth-order valence-corrected chi connectivity index (χ4v) is 1.52. The summed E-state index contributed by atoms with van der Waals surface area (Å²) in [5.41, 5.74) is 0.0723. The van der Waals surface area contributed by atoms with Gasteiger partial charge in [0.25, 0.3) is 5.56 Å². The van der Waals surface area contributed by atoms with Crippen LogP contribution in [0.4, 0.5) is 5.82 Å². The zero-order chi connectivity index (χ0) is 11.1. The van der Waals surface area contributed by atoms with Crippen LogP contribution in [0.1, 0.15) is 39.7 Å². The lowest BCUT2D eigenvalue weighted by molar-refractivity contribution is 0.574. The minimum absolute atomic E-state index is 0.0272. The number of hydrogen-bond donors (Lipinski definition) is 1. The molecule has 0 unspecified atom stereocenters. The molecule has 1 fully saturated rings. The Balaban J connectivity index is 2.32. The lowest BCUT2D eigenvalue weighted by Crippen LogP contribution is -2.29. The molecule has 1 aromatic heterocycles. The van der Waals surface area contributed by atoms with Crippen LogP contribution in [0, 0.1) is 0 Å². The van der Waals surface area contributed by atoms with E-state index in [9.17, 15) is 4.79 Å². The second kappa shape index (κ2) is 3.36. The molecule has 0 bridgehead atoms. The molecule has 1 aliphatic carbocycles. The molecule has 0 aromatic carbocycles. The second-order valence-electron chi connectivity index (χ2n) is 4.77. The number of nitrogens with zero attached hydrogens (tertiary/aromatic N) is 2. The lowest BCUT2D eigenvalue weighted by atomic mass is 10.3. The average molecular weight is 207 g/mol. The van der Waals surface area contributed by atoms with Crippen molar-refractivity contribution in [1.29, 1.82) is 0 Å². The third kappa shape index (κ3) is 2.03. The molecule has 0 aliphatic heterocycles. The van der Waals surface area contributed by atoms with Gasteiger partial charge in [-0.25, -0.2) is 4.98 Å². The summed E-state index contributed by atoms with van der Waals surface area (Å²) < 4.78 is 1.70. The van der Waals surface area contributed by atoms with Gasteiger partial charge in [0.05, 0.1) is 0 Å². The molecule has 15 heavy (non-hydrogen) atoms. The normalized spacial score (nSPS) is 17.9. The van der Waals surface area contributed by atoms with Crippen LogP contribution in [0.25, 0.3) is 0 Å². The first-order valence-electron chi connectivity index (χ1n) is 5.37. The molecule has 0 amide bonds. The molecule has 1 aromatic rings. The number of aromatic nitrogens is 2. The molecule has 2 rings (SSSR count). The average Bonchev–Trinajstić information content (AvgIpc) is 2.87. The van der Waals surface area contributed by atoms with Gasteiger partial charge in [-0.2, -0.15) is 0 Å². The smallest absolute Gasteiger partial charge is 0.293 e. The highest BCUT2D eigenvalue weighted by molar-refractivity contribution is 5.37. The van der Waals surface area contributed by atoms with Gasteiger partial charge in [-0.3, -0.25) is 4.79 Å². The van der Waals surface area contributed by atoms with Crippen molar-refractivity contribution in [3.63, 3.8) is 0 Å². The van der Waals surface area contributed by atoms with Crippen molar-refractivity contribution < 1.29 is 0 Å². The van der Waals surface area contributed by atoms with E-state index in [1.807, 2.05) is 13.8 Å². The molecule has 0 spiro atoms. The van der Waals surface area contributed by atoms with Crippen molar-refractivity contribution in [2.45, 2.75) is 45.2 Å². The molecule has 1 N–H and O–H groups in total. The Hall–Kier alpha value is -1.32. The van der Waals surface area contributed by atoms with E-state index >= 15 is 0 Å². The standard InChI is InChI=1S/C11H17N3O/c1-8(2)14-7-6-12-9(10(14)15)13-11(3)4-5-11/h6-8H,4-5H2,1-3H3,(H,12,13). The van der Waals surface area contributed by atoms with Gasteiger partial charge in [0, 0.05) is 24.0 Å². The lowest BCUT2D eigenvalue weighted by Gasteiger charge is -2.14. The minimum Gasteiger partial charge on any atom is -0.360 e. The van der Waals surface area contributed by atoms with Crippen LogP contribution in [0.15, 0.2) is 17.2 Å². The van der Waals surface area contributed by atoms with Crippen LogP contribution in [0.5, 0.6) is 0 Å². The third-order valence-electron chi connectivity index (χ3n) is 2.84. The Morgan fingerprint density at radius 1 is 1.53 bits per heavy atom. The minimum atomic E-state index is -0.0272. The van der Waals surface area contributed by atoms with Gasteiger partial charge < -0.3 is 9.88 Å². The van der Waals surface area contributed by atoms with E-state index in [0.29, 0.717) is 5.82 Å². The van der Waals surface area contributed by atoms with Crippen molar-refractivity contribution in [2.75, 3.05) is 5.32 Å². The predicted octanol–water partition coefficient (Wildman–Crippen LogP) is 1.79. The maximum Gasteiger partial charge on any atom is 0.293 e. The van der Waals surface area contributed by atoms with E-state index in [2.05, 4.69) is 17.2 Å². The Morgan fingerprint density at radius 2 is 2.20 bits per heavy atom. The summed E-state index contributed by atoms with van der Waals surface area (Å²) in [4.78, 5) is 16.1. The van der Waals surface area contributed by atoms with E-state index in [0.717, 1.165) is 12.8 Å². The summed E-state index contributed by atoms with van der Waals surface area (Å²) in [6.07, 6.45) is 5.64. The molecule has 0 radical (unpaired) electrons. The highest BCUT2D eigenvalue weighted by atomic mass is 16.1. The van der Waals surface area contributed by atoms with Gasteiger partial charge in [0.1, 0.15) is 0 Å². The molecule has 1 aliphatic rings. The van der Waals surface area contributed by atoms with E-state index in [4.69, 9.17) is 0 Å². The quantitative estimate of drug-likeness (QED) is 0.822. The Morgan fingerprint density at radius 3 is 2.73 bits per heavy atom. The predicted molar refractivity (Wildman–Crippen MR) is 60.1 cm³/mol. The van der Waals surface area contributed by atoms with Gasteiger partial charge in [0.15, 0.2) is 5.82 Å². The van der Waals surface area contributed by atoms with Crippen molar-refractivity contribution in [1.82, 2.24) is 9.55 Å². The highest BCUT2D eigenvalue weighted by Gasteiger charge is 2.38. The first-order valence-corrected chi connectivity index (χ1v) is 5.37. The fourth-order valence-electron chi connectivity index (χ4n) is 1.52. The SMILES string of the molecule is CC(C)n1ccnc(NC2(C)CC2)c1=O. The summed E-state index contributed by atoms with van der Waals surface area (Å²) in [5, 5.41) is 3.21. The summed E-state index contributed by atoms with van der Waals surface area (Å²) in [7, 11) is 0. The maximum atomic E-state index is 12.0. The van der Waals surface area contributed by atoms with Gasteiger partial charge in [-0.05, 0) is 33.6 Å². The first-order chi connectivity index (χ1) is 7.02. The van der Waals surface area contributed by atoms with E-state index in [1.54, 1.807) is 17.0 Å². The molecule has 1 heterocycles. The Kier molecular flexibility index (Phi) is 2.29. The number of hydrogen-bond acceptors (Lipinski definition) is 3. The van der Waals surface area contributed by atoms with Gasteiger partial charge in [-0.1, -0.05) is 0 Å². The van der Waals surface area contributed by atoms with Crippen LogP contribution < -0.4 is 10.9 Å². The van der Waals surface area contributed by atoms with E-state index in [-0.39, 0.29) is 17.1 Å². The van der Waals surface area contributed by atoms with Crippen molar-refractivity contribution in [3.8, 4) is 0 Å². The van der Waals surface area contributed by atoms with E-state index in [1.165, 1.54) is 0 Å². The maximum absolute atomic E-state index is 12.0. The Labute approximate surface area is 89.3 Å². The summed E-state index contributed by atoms with van der Waals surface area (Å²) in [6.45, 7) is 6.09. The highest BCUT2D eigenvalue weighted by Crippen LogP contribution is 2.36. The monoisotopic (exact) mass is 207 g/mol. The summed E-state index contributed by atoms with van der Waals surface area (Å²) >= 11 is 0. The van der Waals surface area contributed by atoms with Crippen molar-refractivity contribution >= 4 is 5.82 Å². The molecule has 4 nitrogen and oxygen atoms in total.